The molecule has 3 aromatic heterocycles. The van der Waals surface area contributed by atoms with Gasteiger partial charge >= 0.3 is 11.6 Å². The number of likely N-dealkylation sites (N-methyl/N-ethyl adjacent to an activating group) is 2. The molecule has 0 saturated heterocycles. The zero-order valence-electron chi connectivity index (χ0n) is 28.5. The van der Waals surface area contributed by atoms with E-state index in [1.54, 1.807) is 7.05 Å². The maximum atomic E-state index is 12.3. The van der Waals surface area contributed by atoms with Gasteiger partial charge in [0.15, 0.2) is 7.05 Å². The average molecular weight is 650 g/mol. The molecule has 0 spiro atoms. The van der Waals surface area contributed by atoms with Crippen molar-refractivity contribution in [3.63, 3.8) is 0 Å². The van der Waals surface area contributed by atoms with E-state index in [-0.39, 0.29) is 30.7 Å². The van der Waals surface area contributed by atoms with Gasteiger partial charge in [0.25, 0.3) is 0 Å². The van der Waals surface area contributed by atoms with Crippen molar-refractivity contribution in [1.29, 1.82) is 0 Å². The molecule has 252 valence electrons. The topological polar surface area (TPSA) is 134 Å². The molecule has 47 heavy (non-hydrogen) atoms. The first-order valence-electron chi connectivity index (χ1n) is 15.7. The van der Waals surface area contributed by atoms with Gasteiger partial charge in [0.05, 0.1) is 65.4 Å². The molecule has 3 heterocycles. The molecule has 0 aliphatic carbocycles. The van der Waals surface area contributed by atoms with Crippen LogP contribution in [0.1, 0.15) is 24.7 Å². The number of methoxy groups -OCH3 is 1. The standard InChI is InChI=1S/C34H47N7O6/c1-8-18-40(5,23-32(42)43)21-28-14-16-38(36(28)3)30-19-27(26-12-10-9-11-13-26)20-31(35(30)2)39-17-15-29(37(39)4)22-41(6,24-33(44)45)25-34(46)47-7/h9-17,19-20,34H,8,18,21-25H2,1-7H3/q+2. The Morgan fingerprint density at radius 3 is 1.79 bits per heavy atom. The lowest BCUT2D eigenvalue weighted by Gasteiger charge is -2.38. The van der Waals surface area contributed by atoms with Crippen molar-refractivity contribution >= 4 is 11.9 Å². The monoisotopic (exact) mass is 649 g/mol. The average Bonchev–Trinajstić information content (AvgIpc) is 3.53. The summed E-state index contributed by atoms with van der Waals surface area (Å²) >= 11 is 0. The molecule has 0 N–H and O–H groups in total. The van der Waals surface area contributed by atoms with Crippen LogP contribution in [0, 0.1) is 0 Å². The fourth-order valence-corrected chi connectivity index (χ4v) is 6.42. The van der Waals surface area contributed by atoms with Crippen LogP contribution in [-0.4, -0.2) is 83.9 Å². The summed E-state index contributed by atoms with van der Waals surface area (Å²) in [6, 6.07) is 18.2. The largest absolute Gasteiger partial charge is 0.827 e. The molecule has 0 amide bonds. The summed E-state index contributed by atoms with van der Waals surface area (Å²) in [6.07, 6.45) is 3.38. The van der Waals surface area contributed by atoms with E-state index in [1.165, 1.54) is 7.11 Å². The second-order valence-electron chi connectivity index (χ2n) is 12.9. The fourth-order valence-electron chi connectivity index (χ4n) is 6.42. The lowest BCUT2D eigenvalue weighted by Crippen LogP contribution is -2.59. The van der Waals surface area contributed by atoms with Gasteiger partial charge in [-0.2, -0.15) is 0 Å². The Morgan fingerprint density at radius 1 is 0.830 bits per heavy atom. The number of carboxylic acid groups (broad SMARTS) is 2. The minimum absolute atomic E-state index is 0.0392. The highest BCUT2D eigenvalue weighted by atomic mass is 16.6. The number of quaternary nitrogens is 2. The quantitative estimate of drug-likeness (QED) is 0.0752. The number of rotatable bonds is 16. The van der Waals surface area contributed by atoms with Crippen LogP contribution in [0.3, 0.4) is 0 Å². The van der Waals surface area contributed by atoms with Gasteiger partial charge in [-0.05, 0) is 21.3 Å². The van der Waals surface area contributed by atoms with Gasteiger partial charge < -0.3 is 38.6 Å². The number of carbonyl (C=O) groups is 2. The van der Waals surface area contributed by atoms with Crippen molar-refractivity contribution in [3.8, 4) is 22.8 Å². The molecule has 0 saturated carbocycles. The summed E-state index contributed by atoms with van der Waals surface area (Å²) in [6.45, 7) is 3.09. The lowest BCUT2D eigenvalue weighted by atomic mass is 10.1. The number of hydrogen-bond acceptors (Lipinski definition) is 6. The van der Waals surface area contributed by atoms with Gasteiger partial charge in [-0.3, -0.25) is 0 Å². The van der Waals surface area contributed by atoms with Gasteiger partial charge in [-0.1, -0.05) is 41.8 Å². The van der Waals surface area contributed by atoms with Gasteiger partial charge in [0.2, 0.25) is 12.4 Å². The molecule has 0 bridgehead atoms. The number of carboxylic acids is 2. The molecule has 13 heteroatoms. The second kappa shape index (κ2) is 14.6. The number of aromatic nitrogens is 5. The summed E-state index contributed by atoms with van der Waals surface area (Å²) in [7, 11) is 10.8. The van der Waals surface area contributed by atoms with Crippen molar-refractivity contribution in [2.24, 2.45) is 21.1 Å². The number of carbonyl (C=O) groups excluding carboxylic acids is 2. The van der Waals surface area contributed by atoms with Crippen molar-refractivity contribution in [1.82, 2.24) is 9.36 Å². The third-order valence-electron chi connectivity index (χ3n) is 8.85. The summed E-state index contributed by atoms with van der Waals surface area (Å²) in [5.74, 6) is -0.612. The van der Waals surface area contributed by atoms with Crippen molar-refractivity contribution in [2.45, 2.75) is 32.7 Å². The van der Waals surface area contributed by atoms with E-state index in [2.05, 4.69) is 28.8 Å². The van der Waals surface area contributed by atoms with Crippen LogP contribution in [-0.2, 0) is 48.6 Å². The number of benzene rings is 1. The first-order valence-corrected chi connectivity index (χ1v) is 15.7. The first kappa shape index (κ1) is 35.4. The van der Waals surface area contributed by atoms with Crippen LogP contribution in [0.25, 0.3) is 22.8 Å². The zero-order chi connectivity index (χ0) is 34.5. The van der Waals surface area contributed by atoms with Crippen LogP contribution in [0.5, 0.6) is 0 Å². The van der Waals surface area contributed by atoms with Gasteiger partial charge in [0, 0.05) is 31.1 Å². The van der Waals surface area contributed by atoms with E-state index in [0.29, 0.717) is 17.6 Å². The minimum atomic E-state index is -1.37. The predicted octanol–water partition coefficient (Wildman–Crippen LogP) is -2.46. The molecule has 13 nitrogen and oxygen atoms in total. The highest BCUT2D eigenvalue weighted by molar-refractivity contribution is 5.66. The third kappa shape index (κ3) is 8.30. The van der Waals surface area contributed by atoms with Gasteiger partial charge in [-0.15, -0.1) is 9.36 Å². The number of aliphatic carboxylic acids is 2. The molecule has 0 aliphatic heterocycles. The Balaban J connectivity index is 1.82. The lowest BCUT2D eigenvalue weighted by molar-refractivity contribution is -0.930. The predicted molar refractivity (Wildman–Crippen MR) is 164 cm³/mol. The number of ether oxygens (including phenoxy) is 1. The van der Waals surface area contributed by atoms with E-state index in [0.717, 1.165) is 40.6 Å². The highest BCUT2D eigenvalue weighted by Gasteiger charge is 2.36. The molecule has 4 rings (SSSR count). The summed E-state index contributed by atoms with van der Waals surface area (Å²) in [5.41, 5.74) is 3.80. The Labute approximate surface area is 276 Å². The Morgan fingerprint density at radius 2 is 1.32 bits per heavy atom. The van der Waals surface area contributed by atoms with Gasteiger partial charge in [-0.25, -0.2) is 0 Å². The molecule has 0 fully saturated rings. The maximum absolute atomic E-state index is 12.3. The second-order valence-corrected chi connectivity index (χ2v) is 12.9. The Hall–Kier alpha value is -4.43. The normalized spacial score (nSPS) is 14.8. The molecule has 0 radical (unpaired) electrons. The summed E-state index contributed by atoms with van der Waals surface area (Å²) in [5, 5.41) is 35.5. The summed E-state index contributed by atoms with van der Waals surface area (Å²) in [4.78, 5) is 23.2. The van der Waals surface area contributed by atoms with E-state index in [4.69, 9.17) is 4.74 Å². The van der Waals surface area contributed by atoms with Gasteiger partial charge in [0.1, 0.15) is 37.6 Å². The molecular formula is C34H47N7O6+2. The Bertz CT molecular complexity index is 1720. The fraction of sp³-hybridized carbons (Fsp3) is 0.441. The third-order valence-corrected chi connectivity index (χ3v) is 8.85. The molecule has 4 aromatic rings. The number of hydrogen-bond donors (Lipinski definition) is 0. The Kier molecular flexibility index (Phi) is 11.0. The van der Waals surface area contributed by atoms with E-state index in [1.807, 2.05) is 96.6 Å². The SMILES string of the molecule is CCC[N+](C)(CC(=O)[O-])Cc1cc[n+](-c2cc(-c3ccccc3)cc(-[n+]3ccc(C[N+](C)(CC(=O)[O-])CC([O-])OC)n3C)[n+]2C)n1C. The number of nitrogens with zero attached hydrogens (tertiary/aromatic N) is 7. The van der Waals surface area contributed by atoms with Crippen LogP contribution < -0.4 is 29.3 Å². The van der Waals surface area contributed by atoms with Crippen molar-refractivity contribution in [3.05, 3.63) is 78.4 Å². The van der Waals surface area contributed by atoms with Crippen molar-refractivity contribution < 1.29 is 52.5 Å². The maximum Gasteiger partial charge on any atom is 0.478 e. The summed E-state index contributed by atoms with van der Waals surface area (Å²) < 4.78 is 15.2. The first-order chi connectivity index (χ1) is 22.2. The molecule has 3 unspecified atom stereocenters. The van der Waals surface area contributed by atoms with Crippen LogP contribution in [0.15, 0.2) is 67.0 Å². The molecule has 1 aromatic carbocycles. The van der Waals surface area contributed by atoms with Crippen LogP contribution in [0.4, 0.5) is 0 Å². The van der Waals surface area contributed by atoms with Crippen LogP contribution >= 0.6 is 0 Å². The highest BCUT2D eigenvalue weighted by Crippen LogP contribution is 2.21. The van der Waals surface area contributed by atoms with Crippen molar-refractivity contribution in [2.75, 3.05) is 47.4 Å². The van der Waals surface area contributed by atoms with Crippen LogP contribution in [0.2, 0.25) is 0 Å². The molecule has 0 aliphatic rings. The number of pyridine rings is 1. The molecule has 3 atom stereocenters. The van der Waals surface area contributed by atoms with E-state index < -0.39 is 18.2 Å². The smallest absolute Gasteiger partial charge is 0.478 e. The molecular weight excluding hydrogens is 602 g/mol. The van der Waals surface area contributed by atoms with E-state index in [9.17, 15) is 24.9 Å². The zero-order valence-corrected chi connectivity index (χ0v) is 28.5. The minimum Gasteiger partial charge on any atom is -0.827 e. The van der Waals surface area contributed by atoms with E-state index >= 15 is 0 Å².